The molecular weight excluding hydrogens is 186 g/mol. The van der Waals surface area contributed by atoms with Crippen LogP contribution in [0.1, 0.15) is 5.56 Å². The maximum absolute atomic E-state index is 4.36. The fourth-order valence-electron chi connectivity index (χ4n) is 1.93. The summed E-state index contributed by atoms with van der Waals surface area (Å²) in [5, 5.41) is 7.59. The van der Waals surface area contributed by atoms with Crippen LogP contribution in [-0.2, 0) is 0 Å². The summed E-state index contributed by atoms with van der Waals surface area (Å²) in [5.74, 6) is 0. The van der Waals surface area contributed by atoms with Gasteiger partial charge in [-0.05, 0) is 30.7 Å². The van der Waals surface area contributed by atoms with Crippen molar-refractivity contribution in [1.29, 1.82) is 0 Å². The first-order chi connectivity index (χ1) is 7.27. The lowest BCUT2D eigenvalue weighted by Crippen LogP contribution is -2.00. The van der Waals surface area contributed by atoms with Crippen LogP contribution < -0.4 is 10.6 Å². The van der Waals surface area contributed by atoms with E-state index in [2.05, 4.69) is 34.7 Å². The van der Waals surface area contributed by atoms with Gasteiger partial charge in [-0.15, -0.1) is 0 Å². The Balaban J connectivity index is 2.84. The third kappa shape index (κ3) is 1.50. The summed E-state index contributed by atoms with van der Waals surface area (Å²) >= 11 is 0. The minimum absolute atomic E-state index is 1.03. The second-order valence-electron chi connectivity index (χ2n) is 3.51. The van der Waals surface area contributed by atoms with Crippen molar-refractivity contribution in [2.45, 2.75) is 6.92 Å². The smallest absolute Gasteiger partial charge is 0.0726 e. The first-order valence-corrected chi connectivity index (χ1v) is 5.01. The monoisotopic (exact) mass is 201 g/mol. The molecular formula is C12H15N3. The van der Waals surface area contributed by atoms with Crippen LogP contribution in [0.25, 0.3) is 10.9 Å². The van der Waals surface area contributed by atoms with Gasteiger partial charge in [0.2, 0.25) is 0 Å². The minimum Gasteiger partial charge on any atom is -0.386 e. The van der Waals surface area contributed by atoms with E-state index in [4.69, 9.17) is 0 Å². The Labute approximate surface area is 89.5 Å². The highest BCUT2D eigenvalue weighted by Gasteiger charge is 2.08. The number of hydrogen-bond acceptors (Lipinski definition) is 3. The molecule has 0 spiro atoms. The molecule has 15 heavy (non-hydrogen) atoms. The molecule has 1 aromatic carbocycles. The molecule has 1 aromatic heterocycles. The molecule has 0 atom stereocenters. The van der Waals surface area contributed by atoms with Gasteiger partial charge in [0.1, 0.15) is 0 Å². The lowest BCUT2D eigenvalue weighted by molar-refractivity contribution is 1.36. The lowest BCUT2D eigenvalue weighted by atomic mass is 10.1. The number of fused-ring (bicyclic) bond motifs is 1. The van der Waals surface area contributed by atoms with Crippen LogP contribution in [0.3, 0.4) is 0 Å². The quantitative estimate of drug-likeness (QED) is 0.784. The van der Waals surface area contributed by atoms with E-state index in [0.29, 0.717) is 0 Å². The van der Waals surface area contributed by atoms with E-state index in [9.17, 15) is 0 Å². The van der Waals surface area contributed by atoms with E-state index in [0.717, 1.165) is 22.3 Å². The van der Waals surface area contributed by atoms with E-state index >= 15 is 0 Å². The molecule has 0 saturated heterocycles. The van der Waals surface area contributed by atoms with E-state index in [1.165, 1.54) is 5.56 Å². The summed E-state index contributed by atoms with van der Waals surface area (Å²) in [7, 11) is 3.87. The third-order valence-electron chi connectivity index (χ3n) is 2.61. The van der Waals surface area contributed by atoms with Gasteiger partial charge in [0.05, 0.1) is 16.9 Å². The average Bonchev–Trinajstić information content (AvgIpc) is 2.27. The fourth-order valence-corrected chi connectivity index (χ4v) is 1.93. The fraction of sp³-hybridized carbons (Fsp3) is 0.250. The molecule has 3 nitrogen and oxygen atoms in total. The highest BCUT2D eigenvalue weighted by atomic mass is 14.9. The van der Waals surface area contributed by atoms with Crippen molar-refractivity contribution in [2.24, 2.45) is 0 Å². The molecule has 0 aliphatic carbocycles. The molecule has 0 radical (unpaired) electrons. The van der Waals surface area contributed by atoms with Crippen molar-refractivity contribution < 1.29 is 0 Å². The van der Waals surface area contributed by atoms with Gasteiger partial charge in [0.15, 0.2) is 0 Å². The molecule has 2 N–H and O–H groups in total. The van der Waals surface area contributed by atoms with Crippen LogP contribution in [0.5, 0.6) is 0 Å². The van der Waals surface area contributed by atoms with Crippen molar-refractivity contribution in [3.05, 3.63) is 30.0 Å². The first-order valence-electron chi connectivity index (χ1n) is 5.01. The highest BCUT2D eigenvalue weighted by Crippen LogP contribution is 2.32. The summed E-state index contributed by atoms with van der Waals surface area (Å²) in [4.78, 5) is 4.36. The predicted octanol–water partition coefficient (Wildman–Crippen LogP) is 2.63. The van der Waals surface area contributed by atoms with E-state index in [1.807, 2.05) is 26.4 Å². The lowest BCUT2D eigenvalue weighted by Gasteiger charge is -2.14. The average molecular weight is 201 g/mol. The summed E-state index contributed by atoms with van der Waals surface area (Å²) in [6, 6.07) is 6.13. The Kier molecular flexibility index (Phi) is 2.46. The number of rotatable bonds is 2. The Morgan fingerprint density at radius 3 is 2.53 bits per heavy atom. The Morgan fingerprint density at radius 1 is 1.13 bits per heavy atom. The number of nitrogens with one attached hydrogen (secondary N) is 2. The van der Waals surface area contributed by atoms with Crippen LogP contribution in [0.2, 0.25) is 0 Å². The van der Waals surface area contributed by atoms with Gasteiger partial charge in [0, 0.05) is 25.7 Å². The molecule has 0 fully saturated rings. The predicted molar refractivity (Wildman–Crippen MR) is 65.6 cm³/mol. The molecule has 0 bridgehead atoms. The topological polar surface area (TPSA) is 37.0 Å². The Morgan fingerprint density at radius 2 is 1.87 bits per heavy atom. The SMILES string of the molecule is CNc1c(C)cc2ncccc2c1NC. The molecule has 0 amide bonds. The molecule has 0 unspecified atom stereocenters. The van der Waals surface area contributed by atoms with Crippen LogP contribution in [0.4, 0.5) is 11.4 Å². The van der Waals surface area contributed by atoms with Crippen LogP contribution in [-0.4, -0.2) is 19.1 Å². The first kappa shape index (κ1) is 9.77. The van der Waals surface area contributed by atoms with E-state index < -0.39 is 0 Å². The van der Waals surface area contributed by atoms with Gasteiger partial charge in [-0.2, -0.15) is 0 Å². The molecule has 2 aromatic rings. The van der Waals surface area contributed by atoms with Crippen molar-refractivity contribution in [3.8, 4) is 0 Å². The number of pyridine rings is 1. The van der Waals surface area contributed by atoms with Gasteiger partial charge in [-0.1, -0.05) is 0 Å². The zero-order valence-corrected chi connectivity index (χ0v) is 9.26. The zero-order chi connectivity index (χ0) is 10.8. The highest BCUT2D eigenvalue weighted by molar-refractivity contribution is 5.99. The van der Waals surface area contributed by atoms with E-state index in [1.54, 1.807) is 0 Å². The van der Waals surface area contributed by atoms with Gasteiger partial charge >= 0.3 is 0 Å². The summed E-state index contributed by atoms with van der Waals surface area (Å²) in [6.45, 7) is 2.08. The second-order valence-corrected chi connectivity index (χ2v) is 3.51. The number of benzene rings is 1. The summed E-state index contributed by atoms with van der Waals surface area (Å²) in [6.07, 6.45) is 1.82. The normalized spacial score (nSPS) is 10.3. The van der Waals surface area contributed by atoms with Crippen LogP contribution in [0.15, 0.2) is 24.4 Å². The van der Waals surface area contributed by atoms with E-state index in [-0.39, 0.29) is 0 Å². The van der Waals surface area contributed by atoms with Crippen molar-refractivity contribution in [2.75, 3.05) is 24.7 Å². The van der Waals surface area contributed by atoms with Crippen LogP contribution >= 0.6 is 0 Å². The van der Waals surface area contributed by atoms with Crippen LogP contribution in [0, 0.1) is 6.92 Å². The molecule has 2 rings (SSSR count). The number of nitrogens with zero attached hydrogens (tertiary/aromatic N) is 1. The summed E-state index contributed by atoms with van der Waals surface area (Å²) in [5.41, 5.74) is 4.48. The Hall–Kier alpha value is -1.77. The van der Waals surface area contributed by atoms with Crippen molar-refractivity contribution >= 4 is 22.3 Å². The molecule has 78 valence electrons. The van der Waals surface area contributed by atoms with Gasteiger partial charge in [0.25, 0.3) is 0 Å². The molecule has 0 saturated carbocycles. The zero-order valence-electron chi connectivity index (χ0n) is 9.26. The number of anilines is 2. The number of aryl methyl sites for hydroxylation is 1. The molecule has 0 aliphatic rings. The maximum atomic E-state index is 4.36. The van der Waals surface area contributed by atoms with Gasteiger partial charge in [-0.3, -0.25) is 4.98 Å². The largest absolute Gasteiger partial charge is 0.386 e. The number of hydrogen-bond donors (Lipinski definition) is 2. The maximum Gasteiger partial charge on any atom is 0.0726 e. The molecule has 0 aliphatic heterocycles. The summed E-state index contributed by atoms with van der Waals surface area (Å²) < 4.78 is 0. The van der Waals surface area contributed by atoms with Gasteiger partial charge in [-0.25, -0.2) is 0 Å². The second kappa shape index (κ2) is 3.77. The molecule has 3 heteroatoms. The third-order valence-corrected chi connectivity index (χ3v) is 2.61. The van der Waals surface area contributed by atoms with Gasteiger partial charge < -0.3 is 10.6 Å². The molecule has 1 heterocycles. The van der Waals surface area contributed by atoms with Crippen molar-refractivity contribution in [1.82, 2.24) is 4.98 Å². The van der Waals surface area contributed by atoms with Crippen molar-refractivity contribution in [3.63, 3.8) is 0 Å². The standard InChI is InChI=1S/C12H15N3/c1-8-7-10-9(5-4-6-15-10)12(14-3)11(8)13-2/h4-7,13-14H,1-3H3. The Bertz CT molecular complexity index is 491. The number of aromatic nitrogens is 1. The minimum atomic E-state index is 1.03.